The molecule has 1 N–H and O–H groups in total. The Kier molecular flexibility index (Phi) is 4.70. The van der Waals surface area contributed by atoms with E-state index < -0.39 is 0 Å². The highest BCUT2D eigenvalue weighted by Gasteiger charge is 2.20. The van der Waals surface area contributed by atoms with Gasteiger partial charge in [0.15, 0.2) is 5.78 Å². The number of thioether (sulfide) groups is 1. The standard InChI is InChI=1S/C15H21NOS/c1-11(17)12-3-5-13(6-4-12)16-14-7-9-15(18-2)10-8-14/h3-6,14-16H,7-10H2,1-2H3. The fourth-order valence-corrected chi connectivity index (χ4v) is 3.22. The summed E-state index contributed by atoms with van der Waals surface area (Å²) < 4.78 is 0. The summed E-state index contributed by atoms with van der Waals surface area (Å²) in [5, 5.41) is 4.42. The Morgan fingerprint density at radius 1 is 1.17 bits per heavy atom. The molecular formula is C15H21NOS. The van der Waals surface area contributed by atoms with Crippen molar-refractivity contribution in [2.24, 2.45) is 0 Å². The van der Waals surface area contributed by atoms with Gasteiger partial charge >= 0.3 is 0 Å². The molecule has 0 aliphatic heterocycles. The Balaban J connectivity index is 1.88. The second kappa shape index (κ2) is 6.28. The number of hydrogen-bond acceptors (Lipinski definition) is 3. The normalized spacial score (nSPS) is 23.7. The minimum Gasteiger partial charge on any atom is -0.382 e. The summed E-state index contributed by atoms with van der Waals surface area (Å²) in [4.78, 5) is 11.2. The van der Waals surface area contributed by atoms with Crippen molar-refractivity contribution in [2.75, 3.05) is 11.6 Å². The Morgan fingerprint density at radius 2 is 1.78 bits per heavy atom. The van der Waals surface area contributed by atoms with E-state index in [0.717, 1.165) is 16.5 Å². The molecule has 3 heteroatoms. The molecule has 1 aromatic carbocycles. The van der Waals surface area contributed by atoms with Gasteiger partial charge < -0.3 is 5.32 Å². The molecule has 98 valence electrons. The van der Waals surface area contributed by atoms with Crippen LogP contribution in [0.1, 0.15) is 43.0 Å². The number of anilines is 1. The average molecular weight is 263 g/mol. The fourth-order valence-electron chi connectivity index (χ4n) is 2.48. The lowest BCUT2D eigenvalue weighted by Crippen LogP contribution is -2.26. The van der Waals surface area contributed by atoms with Gasteiger partial charge in [-0.1, -0.05) is 0 Å². The number of hydrogen-bond donors (Lipinski definition) is 1. The first-order chi connectivity index (χ1) is 8.69. The van der Waals surface area contributed by atoms with Crippen molar-refractivity contribution in [2.45, 2.75) is 43.9 Å². The van der Waals surface area contributed by atoms with E-state index in [0.29, 0.717) is 6.04 Å². The van der Waals surface area contributed by atoms with Gasteiger partial charge in [0.05, 0.1) is 0 Å². The summed E-state index contributed by atoms with van der Waals surface area (Å²) in [5.74, 6) is 0.127. The lowest BCUT2D eigenvalue weighted by molar-refractivity contribution is 0.101. The highest BCUT2D eigenvalue weighted by Crippen LogP contribution is 2.28. The topological polar surface area (TPSA) is 29.1 Å². The molecule has 0 atom stereocenters. The molecule has 0 heterocycles. The molecule has 1 saturated carbocycles. The van der Waals surface area contributed by atoms with Gasteiger partial charge in [-0.2, -0.15) is 11.8 Å². The van der Waals surface area contributed by atoms with Crippen molar-refractivity contribution in [1.82, 2.24) is 0 Å². The van der Waals surface area contributed by atoms with Gasteiger partial charge in [0.25, 0.3) is 0 Å². The van der Waals surface area contributed by atoms with E-state index in [9.17, 15) is 4.79 Å². The largest absolute Gasteiger partial charge is 0.382 e. The van der Waals surface area contributed by atoms with Crippen LogP contribution in [0.2, 0.25) is 0 Å². The number of rotatable bonds is 4. The van der Waals surface area contributed by atoms with Crippen LogP contribution in [0.3, 0.4) is 0 Å². The van der Waals surface area contributed by atoms with E-state index >= 15 is 0 Å². The molecule has 1 fully saturated rings. The third-order valence-electron chi connectivity index (χ3n) is 3.67. The Labute approximate surface area is 114 Å². The van der Waals surface area contributed by atoms with Crippen molar-refractivity contribution in [3.8, 4) is 0 Å². The van der Waals surface area contributed by atoms with Gasteiger partial charge in [-0.05, 0) is 63.1 Å². The predicted molar refractivity (Wildman–Crippen MR) is 79.6 cm³/mol. The van der Waals surface area contributed by atoms with Crippen LogP contribution in [0.4, 0.5) is 5.69 Å². The third-order valence-corrected chi connectivity index (χ3v) is 4.81. The van der Waals surface area contributed by atoms with Crippen LogP contribution >= 0.6 is 11.8 Å². The SMILES string of the molecule is CSC1CCC(Nc2ccc(C(C)=O)cc2)CC1. The first-order valence-electron chi connectivity index (χ1n) is 6.59. The Morgan fingerprint density at radius 3 is 2.28 bits per heavy atom. The second-order valence-electron chi connectivity index (χ2n) is 4.99. The van der Waals surface area contributed by atoms with E-state index in [1.807, 2.05) is 36.0 Å². The van der Waals surface area contributed by atoms with Crippen molar-refractivity contribution < 1.29 is 4.79 Å². The summed E-state index contributed by atoms with van der Waals surface area (Å²) in [6, 6.07) is 8.42. The molecular weight excluding hydrogens is 242 g/mol. The lowest BCUT2D eigenvalue weighted by Gasteiger charge is -2.28. The van der Waals surface area contributed by atoms with E-state index in [1.54, 1.807) is 6.92 Å². The number of carbonyl (C=O) groups is 1. The molecule has 1 aromatic rings. The van der Waals surface area contributed by atoms with Crippen LogP contribution < -0.4 is 5.32 Å². The molecule has 0 bridgehead atoms. The highest BCUT2D eigenvalue weighted by molar-refractivity contribution is 7.99. The molecule has 0 amide bonds. The smallest absolute Gasteiger partial charge is 0.159 e. The van der Waals surface area contributed by atoms with Gasteiger partial charge in [0.1, 0.15) is 0 Å². The zero-order valence-corrected chi connectivity index (χ0v) is 11.9. The number of benzene rings is 1. The van der Waals surface area contributed by atoms with Crippen molar-refractivity contribution >= 4 is 23.2 Å². The summed E-state index contributed by atoms with van der Waals surface area (Å²) in [6.45, 7) is 1.60. The third kappa shape index (κ3) is 3.52. The summed E-state index contributed by atoms with van der Waals surface area (Å²) in [7, 11) is 0. The maximum absolute atomic E-state index is 11.2. The van der Waals surface area contributed by atoms with Gasteiger partial charge in [-0.15, -0.1) is 0 Å². The monoisotopic (exact) mass is 263 g/mol. The molecule has 2 nitrogen and oxygen atoms in total. The summed E-state index contributed by atoms with van der Waals surface area (Å²) in [6.07, 6.45) is 7.33. The maximum Gasteiger partial charge on any atom is 0.159 e. The van der Waals surface area contributed by atoms with Gasteiger partial charge in [-0.25, -0.2) is 0 Å². The Bertz CT molecular complexity index is 393. The van der Waals surface area contributed by atoms with E-state index in [4.69, 9.17) is 0 Å². The number of carbonyl (C=O) groups excluding carboxylic acids is 1. The van der Waals surface area contributed by atoms with Crippen LogP contribution in [0, 0.1) is 0 Å². The van der Waals surface area contributed by atoms with Crippen LogP contribution in [0.15, 0.2) is 24.3 Å². The van der Waals surface area contributed by atoms with Crippen LogP contribution in [-0.2, 0) is 0 Å². The predicted octanol–water partition coefficient (Wildman–Crippen LogP) is 3.98. The van der Waals surface area contributed by atoms with Gasteiger partial charge in [-0.3, -0.25) is 4.79 Å². The van der Waals surface area contributed by atoms with E-state index in [1.165, 1.54) is 25.7 Å². The molecule has 2 rings (SSSR count). The van der Waals surface area contributed by atoms with Gasteiger partial charge in [0, 0.05) is 22.5 Å². The minimum atomic E-state index is 0.127. The number of Topliss-reactive ketones (excluding diaryl/α,β-unsaturated/α-hetero) is 1. The van der Waals surface area contributed by atoms with Crippen molar-refractivity contribution in [1.29, 1.82) is 0 Å². The first kappa shape index (κ1) is 13.5. The second-order valence-corrected chi connectivity index (χ2v) is 6.13. The van der Waals surface area contributed by atoms with Crippen LogP contribution in [0.5, 0.6) is 0 Å². The van der Waals surface area contributed by atoms with Crippen molar-refractivity contribution in [3.63, 3.8) is 0 Å². The van der Waals surface area contributed by atoms with E-state index in [-0.39, 0.29) is 5.78 Å². The van der Waals surface area contributed by atoms with Crippen LogP contribution in [-0.4, -0.2) is 23.3 Å². The molecule has 0 spiro atoms. The minimum absolute atomic E-state index is 0.127. The summed E-state index contributed by atoms with van der Waals surface area (Å²) >= 11 is 1.99. The molecule has 1 aliphatic rings. The summed E-state index contributed by atoms with van der Waals surface area (Å²) in [5.41, 5.74) is 1.92. The van der Waals surface area contributed by atoms with Crippen LogP contribution in [0.25, 0.3) is 0 Å². The van der Waals surface area contributed by atoms with Crippen molar-refractivity contribution in [3.05, 3.63) is 29.8 Å². The maximum atomic E-state index is 11.2. The molecule has 0 saturated heterocycles. The highest BCUT2D eigenvalue weighted by atomic mass is 32.2. The quantitative estimate of drug-likeness (QED) is 0.833. The number of nitrogens with one attached hydrogen (secondary N) is 1. The number of ketones is 1. The average Bonchev–Trinajstić information content (AvgIpc) is 2.40. The van der Waals surface area contributed by atoms with Gasteiger partial charge in [0.2, 0.25) is 0 Å². The molecule has 0 radical (unpaired) electrons. The fraction of sp³-hybridized carbons (Fsp3) is 0.533. The van der Waals surface area contributed by atoms with E-state index in [2.05, 4.69) is 11.6 Å². The zero-order valence-electron chi connectivity index (χ0n) is 11.1. The Hall–Kier alpha value is -0.960. The molecule has 0 unspecified atom stereocenters. The molecule has 1 aliphatic carbocycles. The molecule has 18 heavy (non-hydrogen) atoms. The molecule has 0 aromatic heterocycles. The first-order valence-corrected chi connectivity index (χ1v) is 7.88. The lowest BCUT2D eigenvalue weighted by atomic mass is 9.94. The zero-order chi connectivity index (χ0) is 13.0.